The van der Waals surface area contributed by atoms with Crippen molar-refractivity contribution in [3.8, 4) is 12.3 Å². The van der Waals surface area contributed by atoms with Gasteiger partial charge >= 0.3 is 0 Å². The molecule has 0 aliphatic rings. The van der Waals surface area contributed by atoms with Crippen molar-refractivity contribution in [1.29, 1.82) is 0 Å². The van der Waals surface area contributed by atoms with E-state index >= 15 is 0 Å². The van der Waals surface area contributed by atoms with Gasteiger partial charge in [-0.2, -0.15) is 0 Å². The molecule has 0 fully saturated rings. The molecule has 0 aromatic heterocycles. The van der Waals surface area contributed by atoms with E-state index in [0.717, 1.165) is 13.0 Å². The number of hydrogen-bond acceptors (Lipinski definition) is 1. The van der Waals surface area contributed by atoms with Gasteiger partial charge in [0.1, 0.15) is 0 Å². The highest BCUT2D eigenvalue weighted by atomic mass is 14.9. The van der Waals surface area contributed by atoms with Crippen LogP contribution < -0.4 is 5.32 Å². The van der Waals surface area contributed by atoms with Crippen LogP contribution in [0.3, 0.4) is 0 Å². The van der Waals surface area contributed by atoms with Gasteiger partial charge in [-0.05, 0) is 18.9 Å². The zero-order chi connectivity index (χ0) is 10.4. The molecular weight excluding hydrogens is 170 g/mol. The summed E-state index contributed by atoms with van der Waals surface area (Å²) >= 11 is 0. The summed E-state index contributed by atoms with van der Waals surface area (Å²) in [5, 5.41) is 3.32. The molecule has 1 N–H and O–H groups in total. The molecule has 1 aromatic rings. The first-order valence-corrected chi connectivity index (χ1v) is 5.01. The molecule has 0 aliphatic heterocycles. The lowest BCUT2D eigenvalue weighted by molar-refractivity contribution is 0.592. The SMILES string of the molecule is C#CC(CC)NCc1ccc(C)cc1. The maximum absolute atomic E-state index is 5.36. The molecule has 74 valence electrons. The fourth-order valence-corrected chi connectivity index (χ4v) is 1.27. The quantitative estimate of drug-likeness (QED) is 0.714. The zero-order valence-corrected chi connectivity index (χ0v) is 8.88. The maximum atomic E-state index is 5.36. The fraction of sp³-hybridized carbons (Fsp3) is 0.385. The largest absolute Gasteiger partial charge is 0.300 e. The van der Waals surface area contributed by atoms with Crippen molar-refractivity contribution >= 4 is 0 Å². The summed E-state index contributed by atoms with van der Waals surface area (Å²) in [5.74, 6) is 2.72. The molecule has 0 radical (unpaired) electrons. The van der Waals surface area contributed by atoms with E-state index in [1.807, 2.05) is 0 Å². The predicted octanol–water partition coefficient (Wildman–Crippen LogP) is 2.50. The Morgan fingerprint density at radius 1 is 1.36 bits per heavy atom. The lowest BCUT2D eigenvalue weighted by Gasteiger charge is -2.10. The van der Waals surface area contributed by atoms with Crippen molar-refractivity contribution < 1.29 is 0 Å². The fourth-order valence-electron chi connectivity index (χ4n) is 1.27. The van der Waals surface area contributed by atoms with Gasteiger partial charge in [0, 0.05) is 6.54 Å². The summed E-state index contributed by atoms with van der Waals surface area (Å²) in [6, 6.07) is 8.69. The molecule has 1 rings (SSSR count). The second-order valence-corrected chi connectivity index (χ2v) is 3.49. The van der Waals surface area contributed by atoms with Crippen LogP contribution in [0, 0.1) is 19.3 Å². The molecule has 1 nitrogen and oxygen atoms in total. The van der Waals surface area contributed by atoms with E-state index in [4.69, 9.17) is 6.42 Å². The van der Waals surface area contributed by atoms with Gasteiger partial charge in [-0.3, -0.25) is 5.32 Å². The van der Waals surface area contributed by atoms with E-state index in [0.29, 0.717) is 0 Å². The zero-order valence-electron chi connectivity index (χ0n) is 8.88. The Morgan fingerprint density at radius 2 is 2.00 bits per heavy atom. The number of nitrogens with one attached hydrogen (secondary N) is 1. The third kappa shape index (κ3) is 3.24. The molecule has 0 saturated heterocycles. The molecule has 0 amide bonds. The summed E-state index contributed by atoms with van der Waals surface area (Å²) < 4.78 is 0. The topological polar surface area (TPSA) is 12.0 Å². The van der Waals surface area contributed by atoms with Crippen LogP contribution >= 0.6 is 0 Å². The van der Waals surface area contributed by atoms with Gasteiger partial charge in [-0.15, -0.1) is 6.42 Å². The van der Waals surface area contributed by atoms with E-state index in [1.165, 1.54) is 11.1 Å². The molecular formula is C13H17N. The lowest BCUT2D eigenvalue weighted by atomic mass is 10.1. The molecule has 0 aliphatic carbocycles. The van der Waals surface area contributed by atoms with Gasteiger partial charge < -0.3 is 0 Å². The van der Waals surface area contributed by atoms with Gasteiger partial charge in [0.2, 0.25) is 0 Å². The molecule has 14 heavy (non-hydrogen) atoms. The normalized spacial score (nSPS) is 12.1. The Kier molecular flexibility index (Phi) is 4.22. The minimum Gasteiger partial charge on any atom is -0.300 e. The Labute approximate surface area is 86.5 Å². The summed E-state index contributed by atoms with van der Waals surface area (Å²) in [5.41, 5.74) is 2.57. The molecule has 1 aromatic carbocycles. The first kappa shape index (κ1) is 10.8. The van der Waals surface area contributed by atoms with Crippen molar-refractivity contribution in [3.05, 3.63) is 35.4 Å². The van der Waals surface area contributed by atoms with Gasteiger partial charge in [-0.1, -0.05) is 42.7 Å². The highest BCUT2D eigenvalue weighted by Gasteiger charge is 1.99. The summed E-state index contributed by atoms with van der Waals surface area (Å²) in [7, 11) is 0. The Morgan fingerprint density at radius 3 is 2.50 bits per heavy atom. The monoisotopic (exact) mass is 187 g/mol. The van der Waals surface area contributed by atoms with E-state index in [9.17, 15) is 0 Å². The predicted molar refractivity (Wildman–Crippen MR) is 60.9 cm³/mol. The number of hydrogen-bond donors (Lipinski definition) is 1. The van der Waals surface area contributed by atoms with Gasteiger partial charge in [0.25, 0.3) is 0 Å². The third-order valence-electron chi connectivity index (χ3n) is 2.28. The molecule has 1 unspecified atom stereocenters. The molecule has 0 bridgehead atoms. The molecule has 1 atom stereocenters. The second-order valence-electron chi connectivity index (χ2n) is 3.49. The number of benzene rings is 1. The van der Waals surface area contributed by atoms with Crippen molar-refractivity contribution in [3.63, 3.8) is 0 Å². The van der Waals surface area contributed by atoms with E-state index in [2.05, 4.69) is 49.4 Å². The average Bonchev–Trinajstić information content (AvgIpc) is 2.22. The lowest BCUT2D eigenvalue weighted by Crippen LogP contribution is -2.25. The van der Waals surface area contributed by atoms with Crippen LogP contribution in [0.5, 0.6) is 0 Å². The van der Waals surface area contributed by atoms with Crippen LogP contribution in [0.1, 0.15) is 24.5 Å². The molecule has 0 heterocycles. The molecule has 1 heteroatoms. The van der Waals surface area contributed by atoms with Crippen molar-refractivity contribution in [1.82, 2.24) is 5.32 Å². The van der Waals surface area contributed by atoms with Crippen LogP contribution in [0.2, 0.25) is 0 Å². The smallest absolute Gasteiger partial charge is 0.0686 e. The number of aryl methyl sites for hydroxylation is 1. The Hall–Kier alpha value is -1.26. The van der Waals surface area contributed by atoms with E-state index < -0.39 is 0 Å². The standard InChI is InChI=1S/C13H17N/c1-4-13(5-2)14-10-12-8-6-11(3)7-9-12/h1,6-9,13-14H,5,10H2,2-3H3. The van der Waals surface area contributed by atoms with Gasteiger partial charge in [0.05, 0.1) is 6.04 Å². The Bertz CT molecular complexity index is 305. The maximum Gasteiger partial charge on any atom is 0.0686 e. The van der Waals surface area contributed by atoms with Crippen LogP contribution in [0.15, 0.2) is 24.3 Å². The highest BCUT2D eigenvalue weighted by Crippen LogP contribution is 2.03. The van der Waals surface area contributed by atoms with E-state index in [-0.39, 0.29) is 6.04 Å². The third-order valence-corrected chi connectivity index (χ3v) is 2.28. The summed E-state index contributed by atoms with van der Waals surface area (Å²) in [4.78, 5) is 0. The second kappa shape index (κ2) is 5.47. The van der Waals surface area contributed by atoms with Crippen LogP contribution in [-0.4, -0.2) is 6.04 Å². The summed E-state index contributed by atoms with van der Waals surface area (Å²) in [6.07, 6.45) is 6.33. The van der Waals surface area contributed by atoms with Gasteiger partial charge in [-0.25, -0.2) is 0 Å². The first-order chi connectivity index (χ1) is 6.76. The van der Waals surface area contributed by atoms with Crippen LogP contribution in [0.25, 0.3) is 0 Å². The van der Waals surface area contributed by atoms with Crippen LogP contribution in [0.4, 0.5) is 0 Å². The first-order valence-electron chi connectivity index (χ1n) is 5.01. The summed E-state index contributed by atoms with van der Waals surface area (Å²) in [6.45, 7) is 5.03. The van der Waals surface area contributed by atoms with Crippen molar-refractivity contribution in [2.24, 2.45) is 0 Å². The minimum atomic E-state index is 0.191. The number of terminal acetylenes is 1. The van der Waals surface area contributed by atoms with Crippen molar-refractivity contribution in [2.75, 3.05) is 0 Å². The molecule has 0 saturated carbocycles. The Balaban J connectivity index is 2.46. The van der Waals surface area contributed by atoms with Crippen LogP contribution in [-0.2, 0) is 6.54 Å². The number of rotatable bonds is 4. The van der Waals surface area contributed by atoms with E-state index in [1.54, 1.807) is 0 Å². The van der Waals surface area contributed by atoms with Gasteiger partial charge in [0.15, 0.2) is 0 Å². The minimum absolute atomic E-state index is 0.191. The van der Waals surface area contributed by atoms with Crippen molar-refractivity contribution in [2.45, 2.75) is 32.9 Å². The highest BCUT2D eigenvalue weighted by molar-refractivity contribution is 5.21. The molecule has 0 spiro atoms. The average molecular weight is 187 g/mol.